The molecule has 2 heterocycles. The Morgan fingerprint density at radius 1 is 1.09 bits per heavy atom. The van der Waals surface area contributed by atoms with Crippen molar-refractivity contribution in [2.45, 2.75) is 32.4 Å². The molecule has 35 heavy (non-hydrogen) atoms. The van der Waals surface area contributed by atoms with Gasteiger partial charge < -0.3 is 25.0 Å². The van der Waals surface area contributed by atoms with Gasteiger partial charge in [0.2, 0.25) is 5.91 Å². The van der Waals surface area contributed by atoms with E-state index in [1.807, 2.05) is 49.4 Å². The molecule has 0 aliphatic carbocycles. The summed E-state index contributed by atoms with van der Waals surface area (Å²) in [5.41, 5.74) is 7.52. The molecule has 3 aromatic carbocycles. The Balaban J connectivity index is 1.33. The Hall–Kier alpha value is -4.07. The first-order valence-electron chi connectivity index (χ1n) is 11.7. The third-order valence-corrected chi connectivity index (χ3v) is 6.62. The summed E-state index contributed by atoms with van der Waals surface area (Å²) in [4.78, 5) is 28.1. The van der Waals surface area contributed by atoms with Gasteiger partial charge in [0.25, 0.3) is 5.91 Å². The number of carbonyl (C=O) groups excluding carboxylic acids is 2. The zero-order valence-corrected chi connectivity index (χ0v) is 19.6. The molecule has 2 amide bonds. The van der Waals surface area contributed by atoms with Crippen LogP contribution < -0.4 is 20.1 Å². The van der Waals surface area contributed by atoms with Crippen molar-refractivity contribution in [3.05, 3.63) is 65.7 Å². The highest BCUT2D eigenvalue weighted by molar-refractivity contribution is 5.99. The van der Waals surface area contributed by atoms with Gasteiger partial charge in [0, 0.05) is 37.6 Å². The van der Waals surface area contributed by atoms with Gasteiger partial charge in [-0.2, -0.15) is 0 Å². The third-order valence-electron chi connectivity index (χ3n) is 6.62. The smallest absolute Gasteiger partial charge is 0.265 e. The van der Waals surface area contributed by atoms with Crippen LogP contribution in [-0.2, 0) is 11.3 Å². The minimum atomic E-state index is -0.469. The Kier molecular flexibility index (Phi) is 6.03. The van der Waals surface area contributed by atoms with Crippen LogP contribution in [0.15, 0.2) is 54.6 Å². The van der Waals surface area contributed by atoms with Gasteiger partial charge in [0.15, 0.2) is 6.61 Å². The molecule has 8 nitrogen and oxygen atoms in total. The predicted molar refractivity (Wildman–Crippen MR) is 134 cm³/mol. The number of piperidine rings is 1. The molecule has 0 radical (unpaired) electrons. The lowest BCUT2D eigenvalue weighted by Crippen LogP contribution is -2.40. The molecule has 2 aliphatic heterocycles. The van der Waals surface area contributed by atoms with E-state index in [0.717, 1.165) is 42.3 Å². The molecule has 2 aliphatic rings. The summed E-state index contributed by atoms with van der Waals surface area (Å²) in [6, 6.07) is 16.9. The summed E-state index contributed by atoms with van der Waals surface area (Å²) in [5, 5.41) is 9.67. The topological polar surface area (TPSA) is 109 Å². The molecule has 0 saturated carbocycles. The average molecular weight is 473 g/mol. The number of likely N-dealkylation sites (tertiary alicyclic amines) is 1. The molecule has 0 aromatic heterocycles. The zero-order valence-electron chi connectivity index (χ0n) is 19.6. The van der Waals surface area contributed by atoms with Gasteiger partial charge in [0.05, 0.1) is 18.1 Å². The molecule has 0 bridgehead atoms. The van der Waals surface area contributed by atoms with E-state index in [0.29, 0.717) is 35.1 Å². The Morgan fingerprint density at radius 3 is 2.60 bits per heavy atom. The predicted octanol–water partition coefficient (Wildman–Crippen LogP) is 3.70. The number of nitrogens with two attached hydrogens (primary N) is 1. The molecule has 0 unspecified atom stereocenters. The van der Waals surface area contributed by atoms with Crippen molar-refractivity contribution in [2.24, 2.45) is 5.73 Å². The number of carbonyl (C=O) groups is 2. The van der Waals surface area contributed by atoms with Crippen LogP contribution in [0, 0.1) is 5.41 Å². The van der Waals surface area contributed by atoms with E-state index in [1.54, 1.807) is 17.0 Å². The number of nitrogens with one attached hydrogen (secondary N) is 1. The van der Waals surface area contributed by atoms with Gasteiger partial charge in [-0.3, -0.25) is 15.0 Å². The Bertz CT molecular complexity index is 1310. The molecule has 0 spiro atoms. The minimum absolute atomic E-state index is 0.0349. The standard InChI is InChI=1S/C27H28N4O4/c1-17(28)30-10-8-22(9-11-30)35-23-6-7-24-25(14-23)34-16-26(32)31(24)15-18-2-3-19-4-5-20(27(29)33)13-21(19)12-18/h2-7,12-14,22,28H,8-11,15-16H2,1H3,(H2,29,33). The largest absolute Gasteiger partial charge is 0.490 e. The normalized spacial score (nSPS) is 16.1. The van der Waals surface area contributed by atoms with Gasteiger partial charge in [-0.25, -0.2) is 0 Å². The van der Waals surface area contributed by atoms with E-state index < -0.39 is 5.91 Å². The van der Waals surface area contributed by atoms with Gasteiger partial charge in [0.1, 0.15) is 17.6 Å². The first-order valence-corrected chi connectivity index (χ1v) is 11.7. The molecular formula is C27H28N4O4. The average Bonchev–Trinajstić information content (AvgIpc) is 2.85. The monoisotopic (exact) mass is 472 g/mol. The number of ether oxygens (including phenoxy) is 2. The van der Waals surface area contributed by atoms with Crippen molar-refractivity contribution in [3.8, 4) is 11.5 Å². The number of amidine groups is 1. The van der Waals surface area contributed by atoms with E-state index in [1.165, 1.54) is 0 Å². The highest BCUT2D eigenvalue weighted by Crippen LogP contribution is 2.37. The van der Waals surface area contributed by atoms with Crippen LogP contribution >= 0.6 is 0 Å². The lowest BCUT2D eigenvalue weighted by molar-refractivity contribution is -0.121. The number of hydrogen-bond donors (Lipinski definition) is 2. The summed E-state index contributed by atoms with van der Waals surface area (Å²) in [5.74, 6) is 1.34. The Morgan fingerprint density at radius 2 is 1.86 bits per heavy atom. The van der Waals surface area contributed by atoms with E-state index in [9.17, 15) is 9.59 Å². The van der Waals surface area contributed by atoms with Crippen LogP contribution in [0.3, 0.4) is 0 Å². The first-order chi connectivity index (χ1) is 16.9. The SMILES string of the molecule is CC(=N)N1CCC(Oc2ccc3c(c2)OCC(=O)N3Cc2ccc3ccc(C(N)=O)cc3c2)CC1. The molecule has 5 rings (SSSR count). The number of rotatable bonds is 5. The zero-order chi connectivity index (χ0) is 24.5. The maximum absolute atomic E-state index is 12.7. The van der Waals surface area contributed by atoms with Crippen molar-refractivity contribution in [1.29, 1.82) is 5.41 Å². The summed E-state index contributed by atoms with van der Waals surface area (Å²) < 4.78 is 11.9. The number of hydrogen-bond acceptors (Lipinski definition) is 5. The van der Waals surface area contributed by atoms with Crippen LogP contribution in [0.25, 0.3) is 10.8 Å². The fourth-order valence-corrected chi connectivity index (χ4v) is 4.66. The summed E-state index contributed by atoms with van der Waals surface area (Å²) in [6.07, 6.45) is 1.81. The highest BCUT2D eigenvalue weighted by Gasteiger charge is 2.27. The van der Waals surface area contributed by atoms with Crippen molar-refractivity contribution >= 4 is 34.1 Å². The molecule has 1 fully saturated rings. The quantitative estimate of drug-likeness (QED) is 0.435. The second kappa shape index (κ2) is 9.29. The summed E-state index contributed by atoms with van der Waals surface area (Å²) in [7, 11) is 0. The number of benzene rings is 3. The lowest BCUT2D eigenvalue weighted by atomic mass is 10.0. The molecular weight excluding hydrogens is 444 g/mol. The van der Waals surface area contributed by atoms with Crippen LogP contribution in [0.1, 0.15) is 35.7 Å². The maximum atomic E-state index is 12.7. The third kappa shape index (κ3) is 4.77. The van der Waals surface area contributed by atoms with Crippen LogP contribution in [0.4, 0.5) is 5.69 Å². The lowest BCUT2D eigenvalue weighted by Gasteiger charge is -2.33. The molecule has 3 N–H and O–H groups in total. The van der Waals surface area contributed by atoms with E-state index >= 15 is 0 Å². The second-order valence-electron chi connectivity index (χ2n) is 9.05. The van der Waals surface area contributed by atoms with Gasteiger partial charge in [-0.1, -0.05) is 18.2 Å². The molecule has 180 valence electrons. The van der Waals surface area contributed by atoms with Crippen molar-refractivity contribution in [3.63, 3.8) is 0 Å². The molecule has 0 atom stereocenters. The van der Waals surface area contributed by atoms with E-state index in [2.05, 4.69) is 4.90 Å². The van der Waals surface area contributed by atoms with Crippen LogP contribution in [0.2, 0.25) is 0 Å². The van der Waals surface area contributed by atoms with Crippen LogP contribution in [-0.4, -0.2) is 48.4 Å². The number of nitrogens with zero attached hydrogens (tertiary/aromatic N) is 2. The summed E-state index contributed by atoms with van der Waals surface area (Å²) >= 11 is 0. The molecule has 3 aromatic rings. The van der Waals surface area contributed by atoms with Gasteiger partial charge in [-0.05, 0) is 53.6 Å². The number of amides is 2. The van der Waals surface area contributed by atoms with Crippen molar-refractivity contribution < 1.29 is 19.1 Å². The summed E-state index contributed by atoms with van der Waals surface area (Å²) in [6.45, 7) is 3.79. The number of fused-ring (bicyclic) bond motifs is 2. The van der Waals surface area contributed by atoms with Crippen molar-refractivity contribution in [1.82, 2.24) is 4.90 Å². The van der Waals surface area contributed by atoms with Gasteiger partial charge >= 0.3 is 0 Å². The highest BCUT2D eigenvalue weighted by atomic mass is 16.5. The molecule has 8 heteroatoms. The fourth-order valence-electron chi connectivity index (χ4n) is 4.66. The van der Waals surface area contributed by atoms with E-state index in [4.69, 9.17) is 20.6 Å². The number of anilines is 1. The van der Waals surface area contributed by atoms with Gasteiger partial charge in [-0.15, -0.1) is 0 Å². The fraction of sp³-hybridized carbons (Fsp3) is 0.296. The maximum Gasteiger partial charge on any atom is 0.265 e. The molecule has 1 saturated heterocycles. The van der Waals surface area contributed by atoms with Crippen molar-refractivity contribution in [2.75, 3.05) is 24.6 Å². The second-order valence-corrected chi connectivity index (χ2v) is 9.05. The first kappa shape index (κ1) is 22.7. The van der Waals surface area contributed by atoms with Crippen LogP contribution in [0.5, 0.6) is 11.5 Å². The van der Waals surface area contributed by atoms with E-state index in [-0.39, 0.29) is 18.6 Å². The number of primary amides is 1. The minimum Gasteiger partial charge on any atom is -0.490 e. The Labute approximate surface area is 203 Å².